The van der Waals surface area contributed by atoms with E-state index in [-0.39, 0.29) is 24.6 Å². The molecule has 0 aliphatic carbocycles. The van der Waals surface area contributed by atoms with Crippen LogP contribution in [0.25, 0.3) is 11.5 Å². The van der Waals surface area contributed by atoms with Crippen LogP contribution in [-0.2, 0) is 11.2 Å². The van der Waals surface area contributed by atoms with Gasteiger partial charge in [0, 0.05) is 24.1 Å². The lowest BCUT2D eigenvalue weighted by molar-refractivity contribution is -0.136. The zero-order chi connectivity index (χ0) is 18.4. The molecule has 1 heterocycles. The topological polar surface area (TPSA) is 68.5 Å². The number of aromatic nitrogens is 2. The van der Waals surface area contributed by atoms with Crippen LogP contribution in [0, 0.1) is 0 Å². The molecule has 0 spiro atoms. The van der Waals surface area contributed by atoms with Crippen LogP contribution in [0.5, 0.6) is 5.75 Å². The maximum absolute atomic E-state index is 12.3. The fraction of sp³-hybridized carbons (Fsp3) is 0.526. The lowest BCUT2D eigenvalue weighted by Crippen LogP contribution is -2.44. The Morgan fingerprint density at radius 3 is 2.32 bits per heavy atom. The molecule has 2 rings (SSSR count). The zero-order valence-electron chi connectivity index (χ0n) is 15.7. The van der Waals surface area contributed by atoms with Gasteiger partial charge in [0.15, 0.2) is 6.61 Å². The maximum atomic E-state index is 12.3. The number of benzene rings is 1. The molecule has 0 saturated heterocycles. The summed E-state index contributed by atoms with van der Waals surface area (Å²) in [5.41, 5.74) is 0.833. The molecule has 1 amide bonds. The van der Waals surface area contributed by atoms with Crippen LogP contribution in [-0.4, -0.2) is 39.7 Å². The summed E-state index contributed by atoms with van der Waals surface area (Å²) >= 11 is 0. The molecule has 0 fully saturated rings. The highest BCUT2D eigenvalue weighted by Crippen LogP contribution is 2.22. The van der Waals surface area contributed by atoms with Gasteiger partial charge in [-0.25, -0.2) is 0 Å². The Balaban J connectivity index is 1.97. The number of aryl methyl sites for hydroxylation is 1. The molecule has 6 heteroatoms. The van der Waals surface area contributed by atoms with Gasteiger partial charge in [0.1, 0.15) is 5.75 Å². The minimum Gasteiger partial charge on any atom is -0.484 e. The van der Waals surface area contributed by atoms with Crippen LogP contribution in [0.4, 0.5) is 0 Å². The lowest BCUT2D eigenvalue weighted by Gasteiger charge is -2.30. The van der Waals surface area contributed by atoms with E-state index >= 15 is 0 Å². The molecule has 0 unspecified atom stereocenters. The molecule has 0 saturated carbocycles. The molecule has 0 aliphatic heterocycles. The number of hydrogen-bond donors (Lipinski definition) is 0. The quantitative estimate of drug-likeness (QED) is 0.729. The van der Waals surface area contributed by atoms with Crippen LogP contribution in [0.15, 0.2) is 28.7 Å². The number of ether oxygens (including phenoxy) is 1. The van der Waals surface area contributed by atoms with Crippen LogP contribution in [0.1, 0.15) is 46.9 Å². The number of hydrogen-bond acceptors (Lipinski definition) is 5. The highest BCUT2D eigenvalue weighted by molar-refractivity contribution is 5.78. The smallest absolute Gasteiger partial charge is 0.260 e. The average molecular weight is 345 g/mol. The second kappa shape index (κ2) is 8.65. The monoisotopic (exact) mass is 345 g/mol. The Morgan fingerprint density at radius 1 is 1.12 bits per heavy atom. The van der Waals surface area contributed by atoms with E-state index in [0.29, 0.717) is 17.5 Å². The second-order valence-electron chi connectivity index (χ2n) is 6.55. The standard InChI is InChI=1S/C19H27N3O3/c1-6-7-17-20-21-19(25-17)15-8-10-16(11-9-15)24-12-18(23)22(13(2)3)14(4)5/h8-11,13-14H,6-7,12H2,1-5H3. The summed E-state index contributed by atoms with van der Waals surface area (Å²) in [5, 5.41) is 8.07. The average Bonchev–Trinajstić information content (AvgIpc) is 3.02. The van der Waals surface area contributed by atoms with Crippen molar-refractivity contribution in [2.24, 2.45) is 0 Å². The summed E-state index contributed by atoms with van der Waals surface area (Å²) in [7, 11) is 0. The first-order valence-corrected chi connectivity index (χ1v) is 8.79. The normalized spacial score (nSPS) is 11.2. The van der Waals surface area contributed by atoms with Gasteiger partial charge >= 0.3 is 0 Å². The van der Waals surface area contributed by atoms with Crippen LogP contribution in [0.2, 0.25) is 0 Å². The fourth-order valence-electron chi connectivity index (χ4n) is 2.77. The van der Waals surface area contributed by atoms with Crippen molar-refractivity contribution in [1.29, 1.82) is 0 Å². The molecule has 6 nitrogen and oxygen atoms in total. The SMILES string of the molecule is CCCc1nnc(-c2ccc(OCC(=O)N(C(C)C)C(C)C)cc2)o1. The molecular weight excluding hydrogens is 318 g/mol. The Bertz CT molecular complexity index is 669. The maximum Gasteiger partial charge on any atom is 0.260 e. The molecule has 0 aliphatic rings. The molecule has 25 heavy (non-hydrogen) atoms. The van der Waals surface area contributed by atoms with Gasteiger partial charge in [-0.15, -0.1) is 10.2 Å². The molecule has 0 radical (unpaired) electrons. The highest BCUT2D eigenvalue weighted by atomic mass is 16.5. The molecule has 136 valence electrons. The highest BCUT2D eigenvalue weighted by Gasteiger charge is 2.20. The number of rotatable bonds is 8. The molecule has 0 N–H and O–H groups in total. The first-order valence-electron chi connectivity index (χ1n) is 8.79. The van der Waals surface area contributed by atoms with Crippen molar-refractivity contribution in [3.8, 4) is 17.2 Å². The van der Waals surface area contributed by atoms with E-state index in [9.17, 15) is 4.79 Å². The van der Waals surface area contributed by atoms with Crippen molar-refractivity contribution in [2.45, 2.75) is 59.5 Å². The summed E-state index contributed by atoms with van der Waals surface area (Å²) in [6.45, 7) is 10.1. The van der Waals surface area contributed by atoms with Crippen molar-refractivity contribution in [3.05, 3.63) is 30.2 Å². The number of amides is 1. The first kappa shape index (κ1) is 19.0. The minimum atomic E-state index is -0.0183. The van der Waals surface area contributed by atoms with E-state index in [4.69, 9.17) is 9.15 Å². The molecule has 1 aromatic carbocycles. The van der Waals surface area contributed by atoms with Gasteiger partial charge in [-0.1, -0.05) is 6.92 Å². The first-order chi connectivity index (χ1) is 11.9. The van der Waals surface area contributed by atoms with Gasteiger partial charge in [-0.05, 0) is 58.4 Å². The molecular formula is C19H27N3O3. The number of carbonyl (C=O) groups is 1. The molecule has 0 bridgehead atoms. The number of carbonyl (C=O) groups excluding carboxylic acids is 1. The van der Waals surface area contributed by atoms with Gasteiger partial charge in [-0.3, -0.25) is 4.79 Å². The molecule has 2 aromatic rings. The molecule has 1 aromatic heterocycles. The molecule has 0 atom stereocenters. The van der Waals surface area contributed by atoms with Crippen molar-refractivity contribution < 1.29 is 13.9 Å². The van der Waals surface area contributed by atoms with E-state index in [1.54, 1.807) is 12.1 Å². The minimum absolute atomic E-state index is 0.0183. The Kier molecular flexibility index (Phi) is 6.56. The predicted octanol–water partition coefficient (Wildman–Crippen LogP) is 3.71. The van der Waals surface area contributed by atoms with E-state index in [1.165, 1.54) is 0 Å². The van der Waals surface area contributed by atoms with Gasteiger partial charge in [0.25, 0.3) is 5.91 Å². The number of nitrogens with zero attached hydrogens (tertiary/aromatic N) is 3. The zero-order valence-corrected chi connectivity index (χ0v) is 15.7. The van der Waals surface area contributed by atoms with E-state index in [1.807, 2.05) is 44.7 Å². The summed E-state index contributed by atoms with van der Waals surface area (Å²) < 4.78 is 11.2. The van der Waals surface area contributed by atoms with Crippen LogP contribution >= 0.6 is 0 Å². The van der Waals surface area contributed by atoms with E-state index < -0.39 is 0 Å². The van der Waals surface area contributed by atoms with Gasteiger partial charge < -0.3 is 14.1 Å². The third-order valence-electron chi connectivity index (χ3n) is 3.79. The Hall–Kier alpha value is -2.37. The predicted molar refractivity (Wildman–Crippen MR) is 96.3 cm³/mol. The summed E-state index contributed by atoms with van der Waals surface area (Å²) in [5.74, 6) is 1.76. The van der Waals surface area contributed by atoms with Gasteiger partial charge in [-0.2, -0.15) is 0 Å². The largest absolute Gasteiger partial charge is 0.484 e. The van der Waals surface area contributed by atoms with Gasteiger partial charge in [0.05, 0.1) is 0 Å². The van der Waals surface area contributed by atoms with Crippen LogP contribution < -0.4 is 4.74 Å². The van der Waals surface area contributed by atoms with E-state index in [0.717, 1.165) is 18.4 Å². The summed E-state index contributed by atoms with van der Waals surface area (Å²) in [4.78, 5) is 14.1. The second-order valence-corrected chi connectivity index (χ2v) is 6.55. The van der Waals surface area contributed by atoms with E-state index in [2.05, 4.69) is 17.1 Å². The van der Waals surface area contributed by atoms with Crippen molar-refractivity contribution in [1.82, 2.24) is 15.1 Å². The van der Waals surface area contributed by atoms with Gasteiger partial charge in [0.2, 0.25) is 11.8 Å². The lowest BCUT2D eigenvalue weighted by atomic mass is 10.2. The van der Waals surface area contributed by atoms with Crippen LogP contribution in [0.3, 0.4) is 0 Å². The fourth-order valence-corrected chi connectivity index (χ4v) is 2.77. The Labute approximate surface area is 149 Å². The van der Waals surface area contributed by atoms with Crippen molar-refractivity contribution >= 4 is 5.91 Å². The third-order valence-corrected chi connectivity index (χ3v) is 3.79. The summed E-state index contributed by atoms with van der Waals surface area (Å²) in [6.07, 6.45) is 1.74. The Morgan fingerprint density at radius 2 is 1.76 bits per heavy atom. The summed E-state index contributed by atoms with van der Waals surface area (Å²) in [6, 6.07) is 7.61. The van der Waals surface area contributed by atoms with Crippen molar-refractivity contribution in [3.63, 3.8) is 0 Å². The third kappa shape index (κ3) is 5.05. The van der Waals surface area contributed by atoms with Crippen molar-refractivity contribution in [2.75, 3.05) is 6.61 Å².